The van der Waals surface area contributed by atoms with Crippen LogP contribution in [0.5, 0.6) is 0 Å². The van der Waals surface area contributed by atoms with Crippen LogP contribution in [0.3, 0.4) is 0 Å². The van der Waals surface area contributed by atoms with Gasteiger partial charge in [0.05, 0.1) is 0 Å². The summed E-state index contributed by atoms with van der Waals surface area (Å²) in [5, 5.41) is 0. The predicted molar refractivity (Wildman–Crippen MR) is 150 cm³/mol. The molecular weight excluding hydrogens is 529 g/mol. The minimum absolute atomic E-state index is 0.698. The Labute approximate surface area is 212 Å². The van der Waals surface area contributed by atoms with Crippen molar-refractivity contribution in [3.8, 4) is 0 Å². The number of unbranched alkanes of at least 4 members (excludes halogenated alkanes) is 3. The van der Waals surface area contributed by atoms with Crippen molar-refractivity contribution in [3.05, 3.63) is 53.6 Å². The van der Waals surface area contributed by atoms with E-state index in [9.17, 15) is 0 Å². The molecule has 0 aromatic heterocycles. The first kappa shape index (κ1) is 28.7. The van der Waals surface area contributed by atoms with Gasteiger partial charge in [-0.25, -0.2) is 0 Å². The van der Waals surface area contributed by atoms with Crippen LogP contribution in [0.15, 0.2) is 52.3 Å². The van der Waals surface area contributed by atoms with E-state index in [0.717, 1.165) is 6.54 Å². The van der Waals surface area contributed by atoms with Crippen LogP contribution in [-0.4, -0.2) is 44.5 Å². The molecular formula is C29H47NOSSn. The van der Waals surface area contributed by atoms with Gasteiger partial charge in [0, 0.05) is 0 Å². The number of hydrogen-bond donors (Lipinski definition) is 0. The number of nitrogens with zero attached hydrogens (tertiary/aromatic N) is 1. The summed E-state index contributed by atoms with van der Waals surface area (Å²) in [7, 11) is 6.12. The molecule has 33 heavy (non-hydrogen) atoms. The van der Waals surface area contributed by atoms with E-state index in [2.05, 4.69) is 82.2 Å². The Bertz CT molecular complexity index is 801. The van der Waals surface area contributed by atoms with Crippen LogP contribution < -0.4 is 3.58 Å². The second kappa shape index (κ2) is 15.5. The van der Waals surface area contributed by atoms with Crippen LogP contribution >= 0.6 is 11.8 Å². The first-order chi connectivity index (χ1) is 16.0. The molecule has 0 saturated carbocycles. The van der Waals surface area contributed by atoms with E-state index in [1.807, 2.05) is 18.9 Å². The summed E-state index contributed by atoms with van der Waals surface area (Å²) in [6.45, 7) is 8.74. The maximum absolute atomic E-state index is 5.71. The van der Waals surface area contributed by atoms with E-state index < -0.39 is 18.4 Å². The fourth-order valence-electron chi connectivity index (χ4n) is 4.82. The van der Waals surface area contributed by atoms with E-state index >= 15 is 0 Å². The van der Waals surface area contributed by atoms with Crippen molar-refractivity contribution in [1.29, 1.82) is 0 Å². The molecule has 2 aromatic carbocycles. The maximum atomic E-state index is 5.71. The van der Waals surface area contributed by atoms with Gasteiger partial charge in [0.1, 0.15) is 0 Å². The molecule has 0 aliphatic rings. The van der Waals surface area contributed by atoms with Crippen LogP contribution in [-0.2, 0) is 17.9 Å². The number of ether oxygens (including phenoxy) is 1. The third-order valence-corrected chi connectivity index (χ3v) is 23.5. The molecule has 0 heterocycles. The van der Waals surface area contributed by atoms with Crippen LogP contribution in [0, 0.1) is 0 Å². The Morgan fingerprint density at radius 2 is 1.36 bits per heavy atom. The van der Waals surface area contributed by atoms with Gasteiger partial charge in [-0.1, -0.05) is 0 Å². The molecule has 0 aliphatic carbocycles. The molecule has 4 heteroatoms. The molecule has 0 N–H and O–H groups in total. The number of benzene rings is 2. The Hall–Kier alpha value is -0.491. The van der Waals surface area contributed by atoms with Crippen LogP contribution in [0.4, 0.5) is 0 Å². The Morgan fingerprint density at radius 1 is 0.788 bits per heavy atom. The van der Waals surface area contributed by atoms with E-state index in [1.165, 1.54) is 72.8 Å². The Kier molecular flexibility index (Phi) is 13.5. The summed E-state index contributed by atoms with van der Waals surface area (Å²) >= 11 is -0.532. The number of methoxy groups -OCH3 is 1. The number of hydrogen-bond acceptors (Lipinski definition) is 3. The molecule has 0 aliphatic heterocycles. The summed E-state index contributed by atoms with van der Waals surface area (Å²) in [6.07, 6.45) is 8.15. The van der Waals surface area contributed by atoms with E-state index in [-0.39, 0.29) is 0 Å². The topological polar surface area (TPSA) is 12.5 Å². The van der Waals surface area contributed by atoms with Crippen molar-refractivity contribution in [1.82, 2.24) is 4.90 Å². The monoisotopic (exact) mass is 577 g/mol. The third-order valence-electron chi connectivity index (χ3n) is 6.68. The fourth-order valence-corrected chi connectivity index (χ4v) is 21.9. The molecule has 0 fully saturated rings. The summed E-state index contributed by atoms with van der Waals surface area (Å²) in [4.78, 5) is 4.96. The summed E-state index contributed by atoms with van der Waals surface area (Å²) in [5.74, 6) is 0. The Balaban J connectivity index is 2.45. The van der Waals surface area contributed by atoms with Gasteiger partial charge in [-0.2, -0.15) is 0 Å². The summed E-state index contributed by atoms with van der Waals surface area (Å²) in [6, 6.07) is 16.4. The second-order valence-corrected chi connectivity index (χ2v) is 24.1. The van der Waals surface area contributed by atoms with Gasteiger partial charge in [0.2, 0.25) is 0 Å². The molecule has 0 atom stereocenters. The van der Waals surface area contributed by atoms with Crippen LogP contribution in [0.25, 0.3) is 0 Å². The van der Waals surface area contributed by atoms with Crippen LogP contribution in [0.2, 0.25) is 13.3 Å². The predicted octanol–water partition coefficient (Wildman–Crippen LogP) is 8.10. The minimum atomic E-state index is -2.44. The molecule has 0 unspecified atom stereocenters. The molecule has 0 amide bonds. The molecule has 0 saturated heterocycles. The van der Waals surface area contributed by atoms with E-state index in [4.69, 9.17) is 4.74 Å². The molecule has 0 radical (unpaired) electrons. The van der Waals surface area contributed by atoms with Crippen LogP contribution in [0.1, 0.15) is 70.4 Å². The van der Waals surface area contributed by atoms with Gasteiger partial charge in [0.25, 0.3) is 0 Å². The van der Waals surface area contributed by atoms with E-state index in [1.54, 1.807) is 3.58 Å². The average molecular weight is 576 g/mol. The first-order valence-corrected chi connectivity index (χ1v) is 21.3. The third kappa shape index (κ3) is 8.90. The summed E-state index contributed by atoms with van der Waals surface area (Å²) < 4.78 is 12.0. The van der Waals surface area contributed by atoms with Gasteiger partial charge in [-0.3, -0.25) is 0 Å². The molecule has 0 bridgehead atoms. The fraction of sp³-hybridized carbons (Fsp3) is 0.586. The molecule has 2 aromatic rings. The zero-order valence-corrected chi connectivity index (χ0v) is 25.8. The van der Waals surface area contributed by atoms with E-state index in [0.29, 0.717) is 6.61 Å². The molecule has 184 valence electrons. The second-order valence-electron chi connectivity index (χ2n) is 9.79. The molecule has 2 rings (SSSR count). The van der Waals surface area contributed by atoms with Gasteiger partial charge in [-0.15, -0.1) is 0 Å². The van der Waals surface area contributed by atoms with Crippen molar-refractivity contribution in [2.75, 3.05) is 21.2 Å². The van der Waals surface area contributed by atoms with Crippen molar-refractivity contribution >= 4 is 33.7 Å². The standard InChI is InChI=1S/C17H20NOS.3C4H9.Sn/c1-18(2)12-14-8-4-6-10-16(14)20-17-11-7-5-9-15(17)13-19-3;3*1-3-4-2;/h4,6-11H,12-13H2,1-3H3;3*1,3-4H2,2H3;. The van der Waals surface area contributed by atoms with Crippen molar-refractivity contribution in [2.24, 2.45) is 0 Å². The Morgan fingerprint density at radius 3 is 1.91 bits per heavy atom. The molecule has 2 nitrogen and oxygen atoms in total. The number of rotatable bonds is 16. The molecule has 0 spiro atoms. The van der Waals surface area contributed by atoms with Crippen molar-refractivity contribution in [2.45, 2.75) is 95.5 Å². The van der Waals surface area contributed by atoms with Gasteiger partial charge in [0.15, 0.2) is 0 Å². The van der Waals surface area contributed by atoms with Gasteiger partial charge >= 0.3 is 214 Å². The normalized spacial score (nSPS) is 12.0. The van der Waals surface area contributed by atoms with Gasteiger partial charge in [-0.05, 0) is 0 Å². The zero-order chi connectivity index (χ0) is 24.1. The average Bonchev–Trinajstić information content (AvgIpc) is 2.81. The quantitative estimate of drug-likeness (QED) is 0.188. The van der Waals surface area contributed by atoms with Gasteiger partial charge < -0.3 is 0 Å². The van der Waals surface area contributed by atoms with Crippen molar-refractivity contribution in [3.63, 3.8) is 0 Å². The van der Waals surface area contributed by atoms with Crippen molar-refractivity contribution < 1.29 is 4.74 Å². The first-order valence-electron chi connectivity index (χ1n) is 13.0. The zero-order valence-electron chi connectivity index (χ0n) is 22.1. The SMILES string of the molecule is CCC[CH2][Sn]([CH2]CCC)([CH2]CCC)[c]1ccc(Sc2ccccc2CN(C)C)c(COC)c1. The summed E-state index contributed by atoms with van der Waals surface area (Å²) in [5.41, 5.74) is 2.77.